The summed E-state index contributed by atoms with van der Waals surface area (Å²) in [5.74, 6) is 0. The van der Waals surface area contributed by atoms with E-state index in [0.717, 1.165) is 0 Å². The number of nitrogens with zero attached hydrogens (tertiary/aromatic N) is 2. The molecule has 0 saturated heterocycles. The molecule has 1 aromatic heterocycles. The van der Waals surface area contributed by atoms with Gasteiger partial charge < -0.3 is 0 Å². The van der Waals surface area contributed by atoms with Crippen molar-refractivity contribution in [1.82, 2.24) is 4.68 Å². The van der Waals surface area contributed by atoms with Gasteiger partial charge in [0.25, 0.3) is 0 Å². The summed E-state index contributed by atoms with van der Waals surface area (Å²) in [4.78, 5) is 0. The molecule has 0 fully saturated rings. The van der Waals surface area contributed by atoms with Gasteiger partial charge in [0.05, 0.1) is 6.20 Å². The van der Waals surface area contributed by atoms with Crippen LogP contribution in [0.5, 0.6) is 0 Å². The van der Waals surface area contributed by atoms with Gasteiger partial charge in [-0.1, -0.05) is 18.2 Å². The summed E-state index contributed by atoms with van der Waals surface area (Å²) in [6, 6.07) is 10.5. The van der Waals surface area contributed by atoms with Gasteiger partial charge in [-0.05, 0) is 18.6 Å². The van der Waals surface area contributed by atoms with Crippen molar-refractivity contribution in [2.45, 2.75) is 13.8 Å². The van der Waals surface area contributed by atoms with Crippen molar-refractivity contribution in [3.8, 4) is 5.69 Å². The van der Waals surface area contributed by atoms with Crippen LogP contribution < -0.4 is 4.68 Å². The van der Waals surface area contributed by atoms with Gasteiger partial charge in [-0.3, -0.25) is 0 Å². The fourth-order valence-electron chi connectivity index (χ4n) is 1.62. The molecule has 0 aliphatic carbocycles. The van der Waals surface area contributed by atoms with Crippen LogP contribution in [-0.2, 0) is 7.05 Å². The predicted molar refractivity (Wildman–Crippen MR) is 56.4 cm³/mol. The Labute approximate surface area is 84.4 Å². The van der Waals surface area contributed by atoms with Crippen LogP contribution in [-0.4, -0.2) is 4.68 Å². The molecule has 0 saturated carbocycles. The van der Waals surface area contributed by atoms with E-state index in [9.17, 15) is 0 Å². The lowest BCUT2D eigenvalue weighted by molar-refractivity contribution is -0.749. The van der Waals surface area contributed by atoms with Gasteiger partial charge in [-0.2, -0.15) is 0 Å². The number of aryl methyl sites for hydroxylation is 2. The summed E-state index contributed by atoms with van der Waals surface area (Å²) in [6.07, 6.45) is 2.09. The van der Waals surface area contributed by atoms with Gasteiger partial charge in [-0.25, -0.2) is 0 Å². The minimum atomic E-state index is 1.24. The molecule has 0 unspecified atom stereocenters. The number of benzene rings is 1. The summed E-state index contributed by atoms with van der Waals surface area (Å²) < 4.78 is 4.30. The Morgan fingerprint density at radius 2 is 1.79 bits per heavy atom. The first kappa shape index (κ1) is 9.00. The molecule has 0 radical (unpaired) electrons. The van der Waals surface area contributed by atoms with Crippen molar-refractivity contribution in [1.29, 1.82) is 0 Å². The molecule has 1 heterocycles. The Bertz CT molecular complexity index is 455. The third-order valence-electron chi connectivity index (χ3n) is 2.65. The number of hydrogen-bond acceptors (Lipinski definition) is 0. The molecule has 0 aliphatic rings. The molecule has 0 bridgehead atoms. The zero-order chi connectivity index (χ0) is 10.1. The second-order valence-electron chi connectivity index (χ2n) is 3.61. The Balaban J connectivity index is 2.60. The monoisotopic (exact) mass is 187 g/mol. The van der Waals surface area contributed by atoms with E-state index < -0.39 is 0 Å². The largest absolute Gasteiger partial charge is 0.205 e. The van der Waals surface area contributed by atoms with Gasteiger partial charge in [0.2, 0.25) is 5.69 Å². The minimum absolute atomic E-state index is 1.24. The van der Waals surface area contributed by atoms with Crippen molar-refractivity contribution in [3.05, 3.63) is 47.8 Å². The lowest BCUT2D eigenvalue weighted by atomic mass is 10.2. The van der Waals surface area contributed by atoms with E-state index in [1.54, 1.807) is 0 Å². The summed E-state index contributed by atoms with van der Waals surface area (Å²) in [5, 5.41) is 0. The topological polar surface area (TPSA) is 8.81 Å². The van der Waals surface area contributed by atoms with Crippen molar-refractivity contribution in [3.63, 3.8) is 0 Å². The van der Waals surface area contributed by atoms with E-state index in [1.807, 2.05) is 0 Å². The van der Waals surface area contributed by atoms with Crippen LogP contribution in [0.25, 0.3) is 5.69 Å². The van der Waals surface area contributed by atoms with Crippen molar-refractivity contribution in [2.75, 3.05) is 0 Å². The molecular formula is C12H15N2+. The zero-order valence-corrected chi connectivity index (χ0v) is 8.86. The normalized spacial score (nSPS) is 10.5. The van der Waals surface area contributed by atoms with E-state index in [0.29, 0.717) is 0 Å². The van der Waals surface area contributed by atoms with Crippen LogP contribution in [0.15, 0.2) is 36.5 Å². The van der Waals surface area contributed by atoms with Gasteiger partial charge >= 0.3 is 0 Å². The fourth-order valence-corrected chi connectivity index (χ4v) is 1.62. The number of aromatic nitrogens is 2. The molecular weight excluding hydrogens is 172 g/mol. The van der Waals surface area contributed by atoms with Crippen LogP contribution >= 0.6 is 0 Å². The average molecular weight is 187 g/mol. The number of para-hydroxylation sites is 1. The van der Waals surface area contributed by atoms with Crippen LogP contribution in [0.3, 0.4) is 0 Å². The highest BCUT2D eigenvalue weighted by atomic mass is 15.4. The van der Waals surface area contributed by atoms with E-state index in [2.05, 4.69) is 66.8 Å². The van der Waals surface area contributed by atoms with E-state index in [1.165, 1.54) is 16.9 Å². The maximum atomic E-state index is 2.16. The Hall–Kier alpha value is -1.57. The summed E-state index contributed by atoms with van der Waals surface area (Å²) in [6.45, 7) is 4.24. The van der Waals surface area contributed by atoms with E-state index in [-0.39, 0.29) is 0 Å². The van der Waals surface area contributed by atoms with Gasteiger partial charge in [0.15, 0.2) is 7.05 Å². The Morgan fingerprint density at radius 3 is 2.36 bits per heavy atom. The molecule has 0 N–H and O–H groups in total. The predicted octanol–water partition coefficient (Wildman–Crippen LogP) is 1.92. The van der Waals surface area contributed by atoms with Gasteiger partial charge in [-0.15, -0.1) is 9.36 Å². The lowest BCUT2D eigenvalue weighted by Gasteiger charge is -2.03. The lowest BCUT2D eigenvalue weighted by Crippen LogP contribution is -2.40. The molecule has 0 spiro atoms. The standard InChI is InChI=1S/C12H15N2/c1-10-6-4-5-7-12(10)14-9-8-11(2)13(14)3/h4-9H,1-3H3/q+1. The molecule has 2 nitrogen and oxygen atoms in total. The number of rotatable bonds is 1. The zero-order valence-electron chi connectivity index (χ0n) is 8.86. The summed E-state index contributed by atoms with van der Waals surface area (Å²) in [7, 11) is 2.07. The maximum Gasteiger partial charge on any atom is 0.205 e. The molecule has 2 aromatic rings. The van der Waals surface area contributed by atoms with Crippen molar-refractivity contribution in [2.24, 2.45) is 7.05 Å². The molecule has 1 aromatic carbocycles. The first-order chi connectivity index (χ1) is 6.70. The molecule has 0 amide bonds. The Morgan fingerprint density at radius 1 is 1.07 bits per heavy atom. The van der Waals surface area contributed by atoms with Crippen LogP contribution in [0.2, 0.25) is 0 Å². The SMILES string of the molecule is Cc1ccccc1-n1ccc(C)[n+]1C. The molecule has 0 atom stereocenters. The van der Waals surface area contributed by atoms with Crippen LogP contribution in [0.4, 0.5) is 0 Å². The Kier molecular flexibility index (Phi) is 2.12. The third kappa shape index (κ3) is 1.33. The second kappa shape index (κ2) is 3.29. The van der Waals surface area contributed by atoms with E-state index in [4.69, 9.17) is 0 Å². The molecule has 14 heavy (non-hydrogen) atoms. The average Bonchev–Trinajstić information content (AvgIpc) is 2.49. The van der Waals surface area contributed by atoms with Crippen molar-refractivity contribution < 1.29 is 4.68 Å². The first-order valence-electron chi connectivity index (χ1n) is 4.80. The summed E-state index contributed by atoms with van der Waals surface area (Å²) >= 11 is 0. The molecule has 2 heteroatoms. The molecule has 0 aliphatic heterocycles. The summed E-state index contributed by atoms with van der Waals surface area (Å²) in [5.41, 5.74) is 3.79. The first-order valence-corrected chi connectivity index (χ1v) is 4.80. The third-order valence-corrected chi connectivity index (χ3v) is 2.65. The van der Waals surface area contributed by atoms with E-state index >= 15 is 0 Å². The van der Waals surface area contributed by atoms with Crippen molar-refractivity contribution >= 4 is 0 Å². The quantitative estimate of drug-likeness (QED) is 0.603. The number of hydrogen-bond donors (Lipinski definition) is 0. The van der Waals surface area contributed by atoms with Crippen LogP contribution in [0.1, 0.15) is 11.3 Å². The van der Waals surface area contributed by atoms with Gasteiger partial charge in [0.1, 0.15) is 5.69 Å². The molecule has 72 valence electrons. The highest BCUT2D eigenvalue weighted by Gasteiger charge is 2.10. The molecule has 2 rings (SSSR count). The highest BCUT2D eigenvalue weighted by Crippen LogP contribution is 2.11. The van der Waals surface area contributed by atoms with Gasteiger partial charge in [0, 0.05) is 13.0 Å². The minimum Gasteiger partial charge on any atom is -0.128 e. The maximum absolute atomic E-state index is 2.16. The smallest absolute Gasteiger partial charge is 0.128 e. The van der Waals surface area contributed by atoms with Crippen LogP contribution in [0, 0.1) is 13.8 Å². The second-order valence-corrected chi connectivity index (χ2v) is 3.61. The highest BCUT2D eigenvalue weighted by molar-refractivity contribution is 5.38. The fraction of sp³-hybridized carbons (Fsp3) is 0.250.